The zero-order valence-corrected chi connectivity index (χ0v) is 14.3. The molecule has 3 nitrogen and oxygen atoms in total. The molecule has 0 aliphatic heterocycles. The molecule has 1 unspecified atom stereocenters. The molecule has 2 aromatic rings. The lowest BCUT2D eigenvalue weighted by molar-refractivity contribution is -0.0238. The van der Waals surface area contributed by atoms with Gasteiger partial charge in [0.2, 0.25) is 5.89 Å². The largest absolute Gasteiger partial charge is 0.442 e. The Morgan fingerprint density at radius 2 is 1.91 bits per heavy atom. The second-order valence-electron chi connectivity index (χ2n) is 6.04. The van der Waals surface area contributed by atoms with E-state index in [0.717, 1.165) is 48.8 Å². The van der Waals surface area contributed by atoms with Crippen LogP contribution in [0.15, 0.2) is 40.9 Å². The number of aliphatic hydroxyl groups is 1. The van der Waals surface area contributed by atoms with Crippen molar-refractivity contribution in [3.63, 3.8) is 0 Å². The molecule has 22 heavy (non-hydrogen) atoms. The average Bonchev–Trinajstić information content (AvgIpc) is 3.05. The fourth-order valence-electron chi connectivity index (χ4n) is 3.44. The van der Waals surface area contributed by atoms with Gasteiger partial charge in [-0.1, -0.05) is 65.5 Å². The first kappa shape index (κ1) is 15.8. The molecule has 4 heteroatoms. The highest BCUT2D eigenvalue weighted by Crippen LogP contribution is 2.43. The number of halogens is 1. The summed E-state index contributed by atoms with van der Waals surface area (Å²) >= 11 is 3.42. The van der Waals surface area contributed by atoms with Crippen molar-refractivity contribution in [2.24, 2.45) is 5.92 Å². The van der Waals surface area contributed by atoms with Crippen LogP contribution in [0.1, 0.15) is 49.3 Å². The van der Waals surface area contributed by atoms with Crippen molar-refractivity contribution in [3.05, 3.63) is 53.7 Å². The van der Waals surface area contributed by atoms with Crippen LogP contribution in [-0.2, 0) is 12.0 Å². The minimum absolute atomic E-state index is 0.166. The van der Waals surface area contributed by atoms with Gasteiger partial charge in [0.15, 0.2) is 5.60 Å². The fraction of sp³-hybridized carbons (Fsp3) is 0.500. The van der Waals surface area contributed by atoms with Crippen molar-refractivity contribution in [1.82, 2.24) is 4.98 Å². The van der Waals surface area contributed by atoms with Crippen LogP contribution in [0.2, 0.25) is 0 Å². The molecule has 1 aliphatic carbocycles. The van der Waals surface area contributed by atoms with Crippen LogP contribution in [0.25, 0.3) is 0 Å². The molecule has 1 saturated carbocycles. The standard InChI is InChI=1S/C18H22BrNO2/c19-12-11-16-13-20-17(22-16)18(21,14-7-3-1-4-8-14)15-9-5-2-6-10-15/h1,3-4,7-8,13,15,21H,2,5-6,9-12H2. The highest BCUT2D eigenvalue weighted by molar-refractivity contribution is 9.09. The molecule has 1 aromatic carbocycles. The van der Waals surface area contributed by atoms with Crippen LogP contribution in [0, 0.1) is 5.92 Å². The van der Waals surface area contributed by atoms with E-state index < -0.39 is 5.60 Å². The minimum Gasteiger partial charge on any atom is -0.442 e. The van der Waals surface area contributed by atoms with Crippen molar-refractivity contribution in [2.75, 3.05) is 5.33 Å². The number of aromatic nitrogens is 1. The Hall–Kier alpha value is -1.13. The molecular formula is C18H22BrNO2. The normalized spacial score (nSPS) is 19.0. The predicted octanol–water partition coefficient (Wildman–Crippen LogP) is 4.43. The topological polar surface area (TPSA) is 46.3 Å². The third-order valence-corrected chi connectivity index (χ3v) is 5.03. The van der Waals surface area contributed by atoms with Crippen LogP contribution in [0.3, 0.4) is 0 Å². The van der Waals surface area contributed by atoms with Crippen LogP contribution < -0.4 is 0 Å². The van der Waals surface area contributed by atoms with Crippen molar-refractivity contribution in [1.29, 1.82) is 0 Å². The molecule has 1 aliphatic rings. The Morgan fingerprint density at radius 1 is 1.18 bits per heavy atom. The molecule has 0 bridgehead atoms. The zero-order chi connectivity index (χ0) is 15.4. The number of hydrogen-bond acceptors (Lipinski definition) is 3. The Morgan fingerprint density at radius 3 is 2.59 bits per heavy atom. The number of nitrogens with zero attached hydrogens (tertiary/aromatic N) is 1. The third kappa shape index (κ3) is 2.99. The van der Waals surface area contributed by atoms with Crippen molar-refractivity contribution in [2.45, 2.75) is 44.1 Å². The molecule has 0 saturated heterocycles. The van der Waals surface area contributed by atoms with Gasteiger partial charge in [0, 0.05) is 17.7 Å². The quantitative estimate of drug-likeness (QED) is 0.799. The van der Waals surface area contributed by atoms with Gasteiger partial charge in [-0.25, -0.2) is 4.98 Å². The van der Waals surface area contributed by atoms with E-state index in [2.05, 4.69) is 20.9 Å². The lowest BCUT2D eigenvalue weighted by Gasteiger charge is -2.36. The number of oxazole rings is 1. The van der Waals surface area contributed by atoms with Gasteiger partial charge in [0.05, 0.1) is 6.20 Å². The first-order chi connectivity index (χ1) is 10.7. The molecular weight excluding hydrogens is 342 g/mol. The van der Waals surface area contributed by atoms with E-state index in [-0.39, 0.29) is 5.92 Å². The number of aryl methyl sites for hydroxylation is 1. The Kier molecular flexibility index (Phi) is 4.99. The summed E-state index contributed by atoms with van der Waals surface area (Å²) in [6.45, 7) is 0. The number of benzene rings is 1. The van der Waals surface area contributed by atoms with E-state index in [1.165, 1.54) is 6.42 Å². The maximum atomic E-state index is 11.6. The highest BCUT2D eigenvalue weighted by Gasteiger charge is 2.44. The van der Waals surface area contributed by atoms with Crippen LogP contribution in [-0.4, -0.2) is 15.4 Å². The molecule has 0 spiro atoms. The minimum atomic E-state index is -1.12. The van der Waals surface area contributed by atoms with Crippen LogP contribution in [0.5, 0.6) is 0 Å². The van der Waals surface area contributed by atoms with E-state index in [4.69, 9.17) is 4.42 Å². The van der Waals surface area contributed by atoms with Crippen LogP contribution in [0.4, 0.5) is 0 Å². The first-order valence-corrected chi connectivity index (χ1v) is 9.16. The number of hydrogen-bond donors (Lipinski definition) is 1. The van der Waals surface area contributed by atoms with E-state index in [9.17, 15) is 5.11 Å². The molecule has 118 valence electrons. The summed E-state index contributed by atoms with van der Waals surface area (Å²) in [7, 11) is 0. The summed E-state index contributed by atoms with van der Waals surface area (Å²) in [5.74, 6) is 1.43. The van der Waals surface area contributed by atoms with Gasteiger partial charge in [-0.3, -0.25) is 0 Å². The molecule has 1 N–H and O–H groups in total. The summed E-state index contributed by atoms with van der Waals surface area (Å²) in [4.78, 5) is 4.42. The number of rotatable bonds is 5. The molecule has 1 atom stereocenters. The van der Waals surface area contributed by atoms with Gasteiger partial charge >= 0.3 is 0 Å². The van der Waals surface area contributed by atoms with Gasteiger partial charge < -0.3 is 9.52 Å². The van der Waals surface area contributed by atoms with E-state index in [0.29, 0.717) is 5.89 Å². The van der Waals surface area contributed by atoms with Crippen molar-refractivity contribution in [3.8, 4) is 0 Å². The summed E-state index contributed by atoms with van der Waals surface area (Å²) in [5, 5.41) is 12.4. The van der Waals surface area contributed by atoms with Gasteiger partial charge in [-0.15, -0.1) is 0 Å². The summed E-state index contributed by atoms with van der Waals surface area (Å²) in [6.07, 6.45) is 8.13. The Bertz CT molecular complexity index is 592. The fourth-order valence-corrected chi connectivity index (χ4v) is 3.83. The zero-order valence-electron chi connectivity index (χ0n) is 12.7. The maximum absolute atomic E-state index is 11.6. The van der Waals surface area contributed by atoms with Crippen molar-refractivity contribution >= 4 is 15.9 Å². The van der Waals surface area contributed by atoms with E-state index >= 15 is 0 Å². The Balaban J connectivity index is 2.01. The summed E-state index contributed by atoms with van der Waals surface area (Å²) < 4.78 is 5.91. The molecule has 0 radical (unpaired) electrons. The highest BCUT2D eigenvalue weighted by atomic mass is 79.9. The van der Waals surface area contributed by atoms with Gasteiger partial charge in [-0.2, -0.15) is 0 Å². The monoisotopic (exact) mass is 363 g/mol. The molecule has 1 heterocycles. The SMILES string of the molecule is OC(c1ccccc1)(c1ncc(CCBr)o1)C1CCCCC1. The van der Waals surface area contributed by atoms with E-state index in [1.807, 2.05) is 30.3 Å². The van der Waals surface area contributed by atoms with E-state index in [1.54, 1.807) is 6.20 Å². The molecule has 0 amide bonds. The summed E-state index contributed by atoms with van der Waals surface area (Å²) in [6, 6.07) is 9.85. The summed E-state index contributed by atoms with van der Waals surface area (Å²) in [5.41, 5.74) is -0.235. The van der Waals surface area contributed by atoms with Gasteiger partial charge in [0.25, 0.3) is 0 Å². The molecule has 3 rings (SSSR count). The lowest BCUT2D eigenvalue weighted by atomic mass is 9.73. The maximum Gasteiger partial charge on any atom is 0.231 e. The third-order valence-electron chi connectivity index (χ3n) is 4.63. The van der Waals surface area contributed by atoms with Crippen molar-refractivity contribution < 1.29 is 9.52 Å². The smallest absolute Gasteiger partial charge is 0.231 e. The predicted molar refractivity (Wildman–Crippen MR) is 90.0 cm³/mol. The van der Waals surface area contributed by atoms with Gasteiger partial charge in [0.1, 0.15) is 5.76 Å². The second kappa shape index (κ2) is 6.97. The average molecular weight is 364 g/mol. The van der Waals surface area contributed by atoms with Crippen LogP contribution >= 0.6 is 15.9 Å². The first-order valence-electron chi connectivity index (χ1n) is 8.04. The number of alkyl halides is 1. The second-order valence-corrected chi connectivity index (χ2v) is 6.83. The Labute approximate surface area is 139 Å². The lowest BCUT2D eigenvalue weighted by Crippen LogP contribution is -2.38. The van der Waals surface area contributed by atoms with Gasteiger partial charge in [-0.05, 0) is 18.4 Å². The molecule has 1 fully saturated rings. The molecule has 1 aromatic heterocycles.